The van der Waals surface area contributed by atoms with Crippen molar-refractivity contribution < 1.29 is 28.2 Å². The van der Waals surface area contributed by atoms with E-state index in [1.807, 2.05) is 20.8 Å². The van der Waals surface area contributed by atoms with Gasteiger partial charge in [0, 0.05) is 24.0 Å². The van der Waals surface area contributed by atoms with Gasteiger partial charge in [0.25, 0.3) is 0 Å². The lowest BCUT2D eigenvalue weighted by Gasteiger charge is -2.18. The Bertz CT molecular complexity index is 906. The Morgan fingerprint density at radius 3 is 2.68 bits per heavy atom. The van der Waals surface area contributed by atoms with Crippen molar-refractivity contribution in [3.8, 4) is 11.5 Å². The molecule has 0 unspecified atom stereocenters. The van der Waals surface area contributed by atoms with E-state index in [1.54, 1.807) is 6.07 Å². The number of ether oxygens (including phenoxy) is 2. The number of carbonyl (C=O) groups is 1. The molecule has 4 nitrogen and oxygen atoms in total. The van der Waals surface area contributed by atoms with Crippen molar-refractivity contribution in [3.63, 3.8) is 0 Å². The average molecular weight is 390 g/mol. The number of aryl methyl sites for hydroxylation is 1. The Morgan fingerprint density at radius 1 is 1.25 bits per heavy atom. The minimum Gasteiger partial charge on any atom is -0.487 e. The maximum absolute atomic E-state index is 14.9. The molecule has 2 aromatic carbocycles. The van der Waals surface area contributed by atoms with E-state index < -0.39 is 17.4 Å². The summed E-state index contributed by atoms with van der Waals surface area (Å²) in [6.07, 6.45) is 1.22. The van der Waals surface area contributed by atoms with Gasteiger partial charge in [-0.2, -0.15) is 0 Å². The summed E-state index contributed by atoms with van der Waals surface area (Å²) >= 11 is 0. The second-order valence-electron chi connectivity index (χ2n) is 7.64. The van der Waals surface area contributed by atoms with Crippen molar-refractivity contribution in [2.75, 3.05) is 0 Å². The Labute approximate surface area is 163 Å². The summed E-state index contributed by atoms with van der Waals surface area (Å²) in [6.45, 7) is 5.64. The fourth-order valence-corrected chi connectivity index (χ4v) is 3.62. The van der Waals surface area contributed by atoms with Crippen LogP contribution in [0.2, 0.25) is 0 Å². The number of benzene rings is 2. The first-order valence-electron chi connectivity index (χ1n) is 9.35. The van der Waals surface area contributed by atoms with E-state index in [-0.39, 0.29) is 31.0 Å². The number of rotatable bonds is 7. The molecule has 150 valence electrons. The van der Waals surface area contributed by atoms with E-state index in [4.69, 9.17) is 14.6 Å². The molecule has 28 heavy (non-hydrogen) atoms. The van der Waals surface area contributed by atoms with Crippen molar-refractivity contribution >= 4 is 5.97 Å². The molecule has 0 fully saturated rings. The van der Waals surface area contributed by atoms with Gasteiger partial charge in [0.05, 0.1) is 0 Å². The highest BCUT2D eigenvalue weighted by atomic mass is 19.1. The van der Waals surface area contributed by atoms with Crippen LogP contribution in [0.3, 0.4) is 0 Å². The SMILES string of the molecule is CCc1c(CCC(=O)O)ccc(OCc2cc(F)cc3c2OC(C)(C)C3)c1F. The number of carboxylic acids is 1. The molecule has 1 aliphatic heterocycles. The third-order valence-electron chi connectivity index (χ3n) is 4.85. The van der Waals surface area contributed by atoms with E-state index in [0.29, 0.717) is 35.3 Å². The number of fused-ring (bicyclic) bond motifs is 1. The molecule has 0 bridgehead atoms. The summed E-state index contributed by atoms with van der Waals surface area (Å²) < 4.78 is 40.4. The van der Waals surface area contributed by atoms with Crippen LogP contribution in [-0.2, 0) is 30.7 Å². The van der Waals surface area contributed by atoms with E-state index >= 15 is 0 Å². The van der Waals surface area contributed by atoms with Crippen LogP contribution < -0.4 is 9.47 Å². The van der Waals surface area contributed by atoms with E-state index in [2.05, 4.69) is 0 Å². The highest BCUT2D eigenvalue weighted by Crippen LogP contribution is 2.39. The summed E-state index contributed by atoms with van der Waals surface area (Å²) in [6, 6.07) is 5.99. The number of halogens is 2. The van der Waals surface area contributed by atoms with Crippen LogP contribution in [0.15, 0.2) is 24.3 Å². The number of aliphatic carboxylic acids is 1. The number of carboxylic acid groups (broad SMARTS) is 1. The van der Waals surface area contributed by atoms with E-state index in [9.17, 15) is 13.6 Å². The standard InChI is InChI=1S/C22H24F2O4/c1-4-17-13(6-8-19(25)26)5-7-18(20(17)24)27-12-15-10-16(23)9-14-11-22(2,3)28-21(14)15/h5,7,9-10H,4,6,8,11-12H2,1-3H3,(H,25,26). The Hall–Kier alpha value is -2.63. The molecule has 1 heterocycles. The molecule has 1 aliphatic rings. The maximum Gasteiger partial charge on any atom is 0.303 e. The van der Waals surface area contributed by atoms with Gasteiger partial charge in [0.1, 0.15) is 23.8 Å². The number of hydrogen-bond donors (Lipinski definition) is 1. The van der Waals surface area contributed by atoms with E-state index in [0.717, 1.165) is 5.56 Å². The Kier molecular flexibility index (Phi) is 5.59. The Morgan fingerprint density at radius 2 is 2.00 bits per heavy atom. The molecule has 0 atom stereocenters. The molecule has 6 heteroatoms. The molecule has 0 spiro atoms. The van der Waals surface area contributed by atoms with Gasteiger partial charge in [0.15, 0.2) is 11.6 Å². The van der Waals surface area contributed by atoms with Crippen LogP contribution in [0.5, 0.6) is 11.5 Å². The normalized spacial score (nSPS) is 14.5. The van der Waals surface area contributed by atoms with Crippen molar-refractivity contribution in [3.05, 3.63) is 58.2 Å². The van der Waals surface area contributed by atoms with E-state index in [1.165, 1.54) is 18.2 Å². The van der Waals surface area contributed by atoms with Crippen LogP contribution in [0.4, 0.5) is 8.78 Å². The average Bonchev–Trinajstić information content (AvgIpc) is 2.92. The van der Waals surface area contributed by atoms with Crippen LogP contribution in [0.25, 0.3) is 0 Å². The molecule has 0 amide bonds. The fourth-order valence-electron chi connectivity index (χ4n) is 3.62. The predicted octanol–water partition coefficient (Wildman–Crippen LogP) is 4.84. The summed E-state index contributed by atoms with van der Waals surface area (Å²) in [5.74, 6) is -1.14. The first kappa shape index (κ1) is 20.1. The van der Waals surface area contributed by atoms with Crippen molar-refractivity contribution in [2.24, 2.45) is 0 Å². The summed E-state index contributed by atoms with van der Waals surface area (Å²) in [4.78, 5) is 10.8. The lowest BCUT2D eigenvalue weighted by Crippen LogP contribution is -2.25. The molecule has 0 saturated carbocycles. The zero-order valence-corrected chi connectivity index (χ0v) is 16.3. The maximum atomic E-state index is 14.9. The molecular weight excluding hydrogens is 366 g/mol. The van der Waals surface area contributed by atoms with Gasteiger partial charge in [-0.1, -0.05) is 13.0 Å². The molecule has 0 aromatic heterocycles. The molecule has 0 aliphatic carbocycles. The van der Waals surface area contributed by atoms with Crippen molar-refractivity contribution in [1.29, 1.82) is 0 Å². The predicted molar refractivity (Wildman–Crippen MR) is 101 cm³/mol. The van der Waals surface area contributed by atoms with Gasteiger partial charge in [-0.05, 0) is 56.0 Å². The topological polar surface area (TPSA) is 55.8 Å². The summed E-state index contributed by atoms with van der Waals surface area (Å²) in [7, 11) is 0. The third kappa shape index (κ3) is 4.26. The minimum absolute atomic E-state index is 0.0231. The quantitative estimate of drug-likeness (QED) is 0.735. The highest BCUT2D eigenvalue weighted by Gasteiger charge is 2.32. The molecule has 1 N–H and O–H groups in total. The molecule has 0 radical (unpaired) electrons. The van der Waals surface area contributed by atoms with Crippen molar-refractivity contribution in [2.45, 2.75) is 58.7 Å². The largest absolute Gasteiger partial charge is 0.487 e. The monoisotopic (exact) mass is 390 g/mol. The lowest BCUT2D eigenvalue weighted by molar-refractivity contribution is -0.136. The van der Waals surface area contributed by atoms with Crippen molar-refractivity contribution in [1.82, 2.24) is 0 Å². The van der Waals surface area contributed by atoms with Gasteiger partial charge in [-0.3, -0.25) is 4.79 Å². The Balaban J connectivity index is 1.82. The summed E-state index contributed by atoms with van der Waals surface area (Å²) in [5, 5.41) is 8.85. The van der Waals surface area contributed by atoms with Gasteiger partial charge in [-0.25, -0.2) is 8.78 Å². The van der Waals surface area contributed by atoms with Crippen LogP contribution in [-0.4, -0.2) is 16.7 Å². The molecule has 2 aromatic rings. The third-order valence-corrected chi connectivity index (χ3v) is 4.85. The second kappa shape index (κ2) is 7.78. The second-order valence-corrected chi connectivity index (χ2v) is 7.64. The zero-order valence-electron chi connectivity index (χ0n) is 16.3. The summed E-state index contributed by atoms with van der Waals surface area (Å²) in [5.41, 5.74) is 2.00. The fraction of sp³-hybridized carbons (Fsp3) is 0.409. The van der Waals surface area contributed by atoms with Crippen LogP contribution in [0.1, 0.15) is 49.4 Å². The van der Waals surface area contributed by atoms with Crippen LogP contribution in [0, 0.1) is 11.6 Å². The van der Waals surface area contributed by atoms with Crippen LogP contribution >= 0.6 is 0 Å². The molecule has 0 saturated heterocycles. The van der Waals surface area contributed by atoms with Gasteiger partial charge in [0.2, 0.25) is 0 Å². The minimum atomic E-state index is -0.925. The van der Waals surface area contributed by atoms with Gasteiger partial charge < -0.3 is 14.6 Å². The first-order valence-corrected chi connectivity index (χ1v) is 9.35. The smallest absolute Gasteiger partial charge is 0.303 e. The molecule has 3 rings (SSSR count). The zero-order chi connectivity index (χ0) is 20.5. The highest BCUT2D eigenvalue weighted by molar-refractivity contribution is 5.67. The lowest BCUT2D eigenvalue weighted by atomic mass is 9.99. The van der Waals surface area contributed by atoms with Gasteiger partial charge >= 0.3 is 5.97 Å². The van der Waals surface area contributed by atoms with Gasteiger partial charge in [-0.15, -0.1) is 0 Å². The molecular formula is C22H24F2O4. The first-order chi connectivity index (χ1) is 13.2. The number of hydrogen-bond acceptors (Lipinski definition) is 3.